The van der Waals surface area contributed by atoms with Gasteiger partial charge in [0.25, 0.3) is 0 Å². The second-order valence-corrected chi connectivity index (χ2v) is 4.24. The van der Waals surface area contributed by atoms with Crippen molar-refractivity contribution < 1.29 is 4.39 Å². The van der Waals surface area contributed by atoms with Crippen LogP contribution in [0.3, 0.4) is 0 Å². The van der Waals surface area contributed by atoms with E-state index in [1.807, 2.05) is 6.07 Å². The van der Waals surface area contributed by atoms with Crippen LogP contribution in [0.2, 0.25) is 0 Å². The van der Waals surface area contributed by atoms with Crippen LogP contribution in [-0.4, -0.2) is 0 Å². The normalized spacial score (nSPS) is 13.3. The molecule has 0 amide bonds. The number of rotatable bonds is 3. The third-order valence-corrected chi connectivity index (χ3v) is 2.35. The van der Waals surface area contributed by atoms with Crippen LogP contribution < -0.4 is 5.73 Å². The number of hydrogen-bond donors (Lipinski definition) is 1. The maximum Gasteiger partial charge on any atom is 0.126 e. The van der Waals surface area contributed by atoms with Crippen LogP contribution in [0.15, 0.2) is 18.2 Å². The number of hydrogen-bond acceptors (Lipinski definition) is 1. The first-order chi connectivity index (χ1) is 6.50. The Morgan fingerprint density at radius 1 is 1.36 bits per heavy atom. The molecule has 78 valence electrons. The van der Waals surface area contributed by atoms with E-state index in [2.05, 4.69) is 13.8 Å². The summed E-state index contributed by atoms with van der Waals surface area (Å²) < 4.78 is 13.2. The lowest BCUT2D eigenvalue weighted by Gasteiger charge is -2.14. The smallest absolute Gasteiger partial charge is 0.126 e. The molecule has 0 aromatic heterocycles. The van der Waals surface area contributed by atoms with E-state index in [1.165, 1.54) is 0 Å². The lowest BCUT2D eigenvalue weighted by atomic mass is 9.97. The van der Waals surface area contributed by atoms with Gasteiger partial charge in [-0.2, -0.15) is 0 Å². The summed E-state index contributed by atoms with van der Waals surface area (Å²) in [6, 6.07) is 5.18. The van der Waals surface area contributed by atoms with Gasteiger partial charge in [0.1, 0.15) is 5.82 Å². The maximum atomic E-state index is 13.2. The van der Waals surface area contributed by atoms with Crippen molar-refractivity contribution in [2.24, 2.45) is 11.7 Å². The second-order valence-electron chi connectivity index (χ2n) is 4.24. The molecule has 1 rings (SSSR count). The third kappa shape index (κ3) is 2.81. The van der Waals surface area contributed by atoms with E-state index in [-0.39, 0.29) is 11.9 Å². The monoisotopic (exact) mass is 195 g/mol. The van der Waals surface area contributed by atoms with Crippen molar-refractivity contribution in [2.45, 2.75) is 33.2 Å². The highest BCUT2D eigenvalue weighted by molar-refractivity contribution is 5.25. The summed E-state index contributed by atoms with van der Waals surface area (Å²) in [5.41, 5.74) is 7.51. The fourth-order valence-electron chi connectivity index (χ4n) is 1.48. The van der Waals surface area contributed by atoms with E-state index in [0.717, 1.165) is 12.0 Å². The Labute approximate surface area is 85.1 Å². The van der Waals surface area contributed by atoms with Crippen molar-refractivity contribution in [1.29, 1.82) is 0 Å². The molecular weight excluding hydrogens is 177 g/mol. The summed E-state index contributed by atoms with van der Waals surface area (Å²) in [5.74, 6) is 0.371. The van der Waals surface area contributed by atoms with Crippen molar-refractivity contribution in [1.82, 2.24) is 0 Å². The van der Waals surface area contributed by atoms with Crippen molar-refractivity contribution in [3.05, 3.63) is 35.1 Å². The Morgan fingerprint density at radius 3 is 2.50 bits per heavy atom. The number of benzene rings is 1. The summed E-state index contributed by atoms with van der Waals surface area (Å²) in [6.45, 7) is 5.99. The Balaban J connectivity index is 2.80. The zero-order valence-electron chi connectivity index (χ0n) is 9.05. The van der Waals surface area contributed by atoms with Gasteiger partial charge in [-0.1, -0.05) is 26.0 Å². The standard InChI is InChI=1S/C12H18FN/c1-8(2)6-12(14)10-5-4-9(3)11(13)7-10/h4-5,7-8,12H,6,14H2,1-3H3/t12-/m1/s1. The fraction of sp³-hybridized carbons (Fsp3) is 0.500. The first-order valence-electron chi connectivity index (χ1n) is 5.02. The quantitative estimate of drug-likeness (QED) is 0.787. The summed E-state index contributed by atoms with van der Waals surface area (Å²) >= 11 is 0. The van der Waals surface area contributed by atoms with Crippen LogP contribution >= 0.6 is 0 Å². The van der Waals surface area contributed by atoms with Crippen LogP contribution in [0.25, 0.3) is 0 Å². The van der Waals surface area contributed by atoms with Gasteiger partial charge >= 0.3 is 0 Å². The lowest BCUT2D eigenvalue weighted by Crippen LogP contribution is -2.13. The topological polar surface area (TPSA) is 26.0 Å². The van der Waals surface area contributed by atoms with Gasteiger partial charge in [0.05, 0.1) is 0 Å². The molecule has 0 fully saturated rings. The summed E-state index contributed by atoms with van der Waals surface area (Å²) in [7, 11) is 0. The minimum Gasteiger partial charge on any atom is -0.324 e. The van der Waals surface area contributed by atoms with Gasteiger partial charge in [0, 0.05) is 6.04 Å². The first-order valence-corrected chi connectivity index (χ1v) is 5.02. The molecule has 2 N–H and O–H groups in total. The Hall–Kier alpha value is -0.890. The zero-order chi connectivity index (χ0) is 10.7. The molecule has 0 aliphatic heterocycles. The molecule has 1 atom stereocenters. The highest BCUT2D eigenvalue weighted by Gasteiger charge is 2.09. The number of halogens is 1. The average Bonchev–Trinajstić information content (AvgIpc) is 2.08. The molecule has 14 heavy (non-hydrogen) atoms. The molecule has 1 aromatic rings. The predicted octanol–water partition coefficient (Wildman–Crippen LogP) is 3.18. The molecule has 0 aliphatic rings. The lowest BCUT2D eigenvalue weighted by molar-refractivity contribution is 0.506. The Kier molecular flexibility index (Phi) is 3.64. The number of aryl methyl sites for hydroxylation is 1. The molecule has 0 saturated carbocycles. The molecule has 0 spiro atoms. The van der Waals surface area contributed by atoms with E-state index in [4.69, 9.17) is 5.73 Å². The van der Waals surface area contributed by atoms with Gasteiger partial charge in [-0.3, -0.25) is 0 Å². The summed E-state index contributed by atoms with van der Waals surface area (Å²) in [4.78, 5) is 0. The molecule has 0 saturated heterocycles. The van der Waals surface area contributed by atoms with Crippen LogP contribution in [0.1, 0.15) is 37.4 Å². The van der Waals surface area contributed by atoms with Gasteiger partial charge in [0.15, 0.2) is 0 Å². The summed E-state index contributed by atoms with van der Waals surface area (Å²) in [5, 5.41) is 0. The molecule has 0 heterocycles. The highest BCUT2D eigenvalue weighted by atomic mass is 19.1. The Bertz CT molecular complexity index is 307. The van der Waals surface area contributed by atoms with E-state index in [1.54, 1.807) is 19.1 Å². The molecule has 1 nitrogen and oxygen atoms in total. The van der Waals surface area contributed by atoms with Crippen molar-refractivity contribution >= 4 is 0 Å². The maximum absolute atomic E-state index is 13.2. The average molecular weight is 195 g/mol. The molecular formula is C12H18FN. The van der Waals surface area contributed by atoms with Crippen molar-refractivity contribution in [3.63, 3.8) is 0 Å². The van der Waals surface area contributed by atoms with Gasteiger partial charge in [-0.15, -0.1) is 0 Å². The van der Waals surface area contributed by atoms with Crippen LogP contribution in [0.5, 0.6) is 0 Å². The van der Waals surface area contributed by atoms with Crippen molar-refractivity contribution in [2.75, 3.05) is 0 Å². The van der Waals surface area contributed by atoms with Crippen molar-refractivity contribution in [3.8, 4) is 0 Å². The minimum atomic E-state index is -0.165. The second kappa shape index (κ2) is 4.56. The largest absolute Gasteiger partial charge is 0.324 e. The van der Waals surface area contributed by atoms with Gasteiger partial charge in [-0.05, 0) is 36.5 Å². The van der Waals surface area contributed by atoms with Crippen LogP contribution in [-0.2, 0) is 0 Å². The molecule has 2 heteroatoms. The molecule has 0 bridgehead atoms. The van der Waals surface area contributed by atoms with E-state index in [0.29, 0.717) is 11.5 Å². The minimum absolute atomic E-state index is 0.0508. The fourth-order valence-corrected chi connectivity index (χ4v) is 1.48. The van der Waals surface area contributed by atoms with Crippen LogP contribution in [0.4, 0.5) is 4.39 Å². The Morgan fingerprint density at radius 2 is 2.00 bits per heavy atom. The van der Waals surface area contributed by atoms with Crippen LogP contribution in [0, 0.1) is 18.7 Å². The molecule has 1 aromatic carbocycles. The van der Waals surface area contributed by atoms with Gasteiger partial charge in [0.2, 0.25) is 0 Å². The predicted molar refractivity (Wildman–Crippen MR) is 57.5 cm³/mol. The SMILES string of the molecule is Cc1ccc([C@H](N)CC(C)C)cc1F. The highest BCUT2D eigenvalue weighted by Crippen LogP contribution is 2.20. The van der Waals surface area contributed by atoms with E-state index in [9.17, 15) is 4.39 Å². The summed E-state index contributed by atoms with van der Waals surface area (Å²) in [6.07, 6.45) is 0.891. The van der Waals surface area contributed by atoms with Gasteiger partial charge < -0.3 is 5.73 Å². The first kappa shape index (κ1) is 11.2. The third-order valence-electron chi connectivity index (χ3n) is 2.35. The molecule has 0 unspecified atom stereocenters. The number of nitrogens with two attached hydrogens (primary N) is 1. The molecule has 0 radical (unpaired) electrons. The van der Waals surface area contributed by atoms with E-state index < -0.39 is 0 Å². The zero-order valence-corrected chi connectivity index (χ0v) is 9.05. The van der Waals surface area contributed by atoms with Gasteiger partial charge in [-0.25, -0.2) is 4.39 Å². The molecule has 0 aliphatic carbocycles. The van der Waals surface area contributed by atoms with E-state index >= 15 is 0 Å².